The first kappa shape index (κ1) is 19.9. The highest BCUT2D eigenvalue weighted by atomic mass is 32.1. The molecule has 0 aliphatic carbocycles. The molecule has 0 amide bonds. The van der Waals surface area contributed by atoms with Crippen LogP contribution in [0.4, 0.5) is 5.13 Å². The Morgan fingerprint density at radius 3 is 2.81 bits per heavy atom. The number of benzene rings is 1. The number of hydrogen-bond acceptors (Lipinski definition) is 7. The highest BCUT2D eigenvalue weighted by Gasteiger charge is 2.07. The SMILES string of the molecule is CCCCCOc1ccc(/C=N\Nc2nc(CC(=O)OCC)cs2)cc1. The van der Waals surface area contributed by atoms with Crippen LogP contribution in [0.25, 0.3) is 0 Å². The van der Waals surface area contributed by atoms with E-state index >= 15 is 0 Å². The molecule has 0 aliphatic heterocycles. The summed E-state index contributed by atoms with van der Waals surface area (Å²) in [6, 6.07) is 7.78. The van der Waals surface area contributed by atoms with E-state index in [1.165, 1.54) is 24.2 Å². The molecule has 0 saturated heterocycles. The molecular weight excluding hydrogens is 350 g/mol. The standard InChI is InChI=1S/C19H25N3O3S/c1-3-5-6-11-25-17-9-7-15(8-10-17)13-20-22-19-21-16(14-26-19)12-18(23)24-4-2/h7-10,13-14H,3-6,11-12H2,1-2H3,(H,21,22)/b20-13-. The number of nitrogens with zero attached hydrogens (tertiary/aromatic N) is 2. The second-order valence-electron chi connectivity index (χ2n) is 5.62. The molecule has 1 aromatic carbocycles. The van der Waals surface area contributed by atoms with Crippen molar-refractivity contribution in [1.29, 1.82) is 0 Å². The van der Waals surface area contributed by atoms with Gasteiger partial charge >= 0.3 is 5.97 Å². The number of carbonyl (C=O) groups excluding carboxylic acids is 1. The third kappa shape index (κ3) is 7.23. The van der Waals surface area contributed by atoms with Crippen LogP contribution in [0.3, 0.4) is 0 Å². The van der Waals surface area contributed by atoms with Crippen LogP contribution in [-0.4, -0.2) is 30.4 Å². The van der Waals surface area contributed by atoms with Crippen LogP contribution >= 0.6 is 11.3 Å². The number of ether oxygens (including phenoxy) is 2. The number of aromatic nitrogens is 1. The fourth-order valence-electron chi connectivity index (χ4n) is 2.15. The molecule has 0 atom stereocenters. The molecule has 1 aromatic heterocycles. The molecule has 7 heteroatoms. The van der Waals surface area contributed by atoms with Gasteiger partial charge in [-0.1, -0.05) is 19.8 Å². The van der Waals surface area contributed by atoms with Crippen LogP contribution < -0.4 is 10.2 Å². The van der Waals surface area contributed by atoms with Gasteiger partial charge in [-0.25, -0.2) is 4.98 Å². The minimum atomic E-state index is -0.273. The fourth-order valence-corrected chi connectivity index (χ4v) is 2.81. The zero-order valence-corrected chi connectivity index (χ0v) is 16.1. The van der Waals surface area contributed by atoms with Crippen molar-refractivity contribution in [2.24, 2.45) is 5.10 Å². The molecule has 0 unspecified atom stereocenters. The van der Waals surface area contributed by atoms with Crippen molar-refractivity contribution in [3.63, 3.8) is 0 Å². The smallest absolute Gasteiger partial charge is 0.311 e. The maximum atomic E-state index is 11.4. The van der Waals surface area contributed by atoms with Gasteiger partial charge in [0.1, 0.15) is 5.75 Å². The molecular formula is C19H25N3O3S. The molecule has 0 saturated carbocycles. The highest BCUT2D eigenvalue weighted by molar-refractivity contribution is 7.13. The van der Waals surface area contributed by atoms with Crippen molar-refractivity contribution >= 4 is 28.7 Å². The van der Waals surface area contributed by atoms with Crippen molar-refractivity contribution in [1.82, 2.24) is 4.98 Å². The Morgan fingerprint density at radius 2 is 2.08 bits per heavy atom. The maximum absolute atomic E-state index is 11.4. The normalized spacial score (nSPS) is 10.8. The number of carbonyl (C=O) groups is 1. The summed E-state index contributed by atoms with van der Waals surface area (Å²) in [5, 5.41) is 6.63. The van der Waals surface area contributed by atoms with Gasteiger partial charge in [0.25, 0.3) is 0 Å². The molecule has 0 radical (unpaired) electrons. The molecule has 140 valence electrons. The first-order valence-corrected chi connectivity index (χ1v) is 9.71. The Morgan fingerprint density at radius 1 is 1.27 bits per heavy atom. The third-order valence-electron chi connectivity index (χ3n) is 3.45. The summed E-state index contributed by atoms with van der Waals surface area (Å²) in [6.07, 6.45) is 5.35. The summed E-state index contributed by atoms with van der Waals surface area (Å²) < 4.78 is 10.6. The summed E-state index contributed by atoms with van der Waals surface area (Å²) in [5.74, 6) is 0.597. The Bertz CT molecular complexity index is 698. The zero-order chi connectivity index (χ0) is 18.6. The lowest BCUT2D eigenvalue weighted by Gasteiger charge is -2.05. The second-order valence-corrected chi connectivity index (χ2v) is 6.48. The van der Waals surface area contributed by atoms with Gasteiger partial charge in [-0.2, -0.15) is 5.10 Å². The molecule has 6 nitrogen and oxygen atoms in total. The average molecular weight is 375 g/mol. The summed E-state index contributed by atoms with van der Waals surface area (Å²) >= 11 is 1.40. The lowest BCUT2D eigenvalue weighted by Crippen LogP contribution is -2.07. The molecule has 0 fully saturated rings. The molecule has 0 spiro atoms. The van der Waals surface area contributed by atoms with Gasteiger partial charge in [0.15, 0.2) is 0 Å². The number of esters is 1. The number of thiazole rings is 1. The average Bonchev–Trinajstić information content (AvgIpc) is 3.07. The summed E-state index contributed by atoms with van der Waals surface area (Å²) in [4.78, 5) is 15.7. The second kappa shape index (κ2) is 11.3. The molecule has 0 bridgehead atoms. The Balaban J connectivity index is 1.77. The summed E-state index contributed by atoms with van der Waals surface area (Å²) in [6.45, 7) is 5.09. The van der Waals surface area contributed by atoms with Crippen molar-refractivity contribution < 1.29 is 14.3 Å². The van der Waals surface area contributed by atoms with Crippen molar-refractivity contribution in [3.05, 3.63) is 40.9 Å². The van der Waals surface area contributed by atoms with Gasteiger partial charge in [-0.15, -0.1) is 11.3 Å². The number of nitrogens with one attached hydrogen (secondary N) is 1. The van der Waals surface area contributed by atoms with Crippen LogP contribution in [0.1, 0.15) is 44.4 Å². The molecule has 1 heterocycles. The Labute approximate surface area is 158 Å². The lowest BCUT2D eigenvalue weighted by atomic mass is 10.2. The largest absolute Gasteiger partial charge is 0.494 e. The van der Waals surface area contributed by atoms with E-state index in [4.69, 9.17) is 9.47 Å². The third-order valence-corrected chi connectivity index (χ3v) is 4.25. The van der Waals surface area contributed by atoms with E-state index in [-0.39, 0.29) is 12.4 Å². The Hall–Kier alpha value is -2.41. The van der Waals surface area contributed by atoms with Gasteiger partial charge in [0, 0.05) is 5.38 Å². The number of hydrazone groups is 1. The van der Waals surface area contributed by atoms with Gasteiger partial charge < -0.3 is 9.47 Å². The van der Waals surface area contributed by atoms with Gasteiger partial charge in [-0.05, 0) is 43.2 Å². The molecule has 0 aliphatic rings. The maximum Gasteiger partial charge on any atom is 0.311 e. The van der Waals surface area contributed by atoms with Crippen LogP contribution in [0.15, 0.2) is 34.7 Å². The number of rotatable bonds is 11. The number of anilines is 1. The predicted octanol–water partition coefficient (Wildman–Crippen LogP) is 4.26. The lowest BCUT2D eigenvalue weighted by molar-refractivity contribution is -0.142. The molecule has 2 rings (SSSR count). The molecule has 2 aromatic rings. The van der Waals surface area contributed by atoms with Crippen LogP contribution in [0.5, 0.6) is 5.75 Å². The quantitative estimate of drug-likeness (QED) is 0.275. The monoisotopic (exact) mass is 375 g/mol. The van der Waals surface area contributed by atoms with Crippen molar-refractivity contribution in [2.75, 3.05) is 18.6 Å². The number of unbranched alkanes of at least 4 members (excludes halogenated alkanes) is 2. The predicted molar refractivity (Wildman–Crippen MR) is 105 cm³/mol. The van der Waals surface area contributed by atoms with E-state index in [1.807, 2.05) is 29.6 Å². The molecule has 1 N–H and O–H groups in total. The van der Waals surface area contributed by atoms with E-state index in [9.17, 15) is 4.79 Å². The van der Waals surface area contributed by atoms with Crippen LogP contribution in [0.2, 0.25) is 0 Å². The first-order valence-electron chi connectivity index (χ1n) is 8.83. The van der Waals surface area contributed by atoms with Crippen molar-refractivity contribution in [2.45, 2.75) is 39.5 Å². The summed E-state index contributed by atoms with van der Waals surface area (Å²) in [7, 11) is 0. The Kier molecular flexibility index (Phi) is 8.62. The van der Waals surface area contributed by atoms with E-state index in [0.29, 0.717) is 17.4 Å². The van der Waals surface area contributed by atoms with Crippen LogP contribution in [-0.2, 0) is 16.0 Å². The van der Waals surface area contributed by atoms with Gasteiger partial charge in [-0.3, -0.25) is 10.2 Å². The minimum absolute atomic E-state index is 0.176. The van der Waals surface area contributed by atoms with Gasteiger partial charge in [0.05, 0.1) is 31.5 Å². The van der Waals surface area contributed by atoms with E-state index < -0.39 is 0 Å². The van der Waals surface area contributed by atoms with Crippen molar-refractivity contribution in [3.8, 4) is 5.75 Å². The number of hydrogen-bond donors (Lipinski definition) is 1. The molecule has 26 heavy (non-hydrogen) atoms. The van der Waals surface area contributed by atoms with Gasteiger partial charge in [0.2, 0.25) is 5.13 Å². The van der Waals surface area contributed by atoms with E-state index in [1.54, 1.807) is 13.1 Å². The van der Waals surface area contributed by atoms with E-state index in [2.05, 4.69) is 22.4 Å². The topological polar surface area (TPSA) is 72.8 Å². The minimum Gasteiger partial charge on any atom is -0.494 e. The zero-order valence-electron chi connectivity index (χ0n) is 15.2. The first-order chi connectivity index (χ1) is 12.7. The summed E-state index contributed by atoms with van der Waals surface area (Å²) in [5.41, 5.74) is 4.51. The van der Waals surface area contributed by atoms with E-state index in [0.717, 1.165) is 24.3 Å². The fraction of sp³-hybridized carbons (Fsp3) is 0.421. The van der Waals surface area contributed by atoms with Crippen LogP contribution in [0, 0.1) is 0 Å². The highest BCUT2D eigenvalue weighted by Crippen LogP contribution is 2.16.